The smallest absolute Gasteiger partial charge is 0.292 e. The van der Waals surface area contributed by atoms with Crippen molar-refractivity contribution >= 4 is 28.9 Å². The number of piperidine rings is 1. The van der Waals surface area contributed by atoms with Crippen LogP contribution in [-0.4, -0.2) is 34.9 Å². The summed E-state index contributed by atoms with van der Waals surface area (Å²) >= 11 is 5.88. The number of amides is 1. The maximum atomic E-state index is 12.3. The molecule has 0 aromatic heterocycles. The molecule has 1 aromatic carbocycles. The highest BCUT2D eigenvalue weighted by Gasteiger charge is 2.24. The monoisotopic (exact) mass is 311 g/mol. The molecule has 0 bridgehead atoms. The Labute approximate surface area is 128 Å². The van der Waals surface area contributed by atoms with Gasteiger partial charge in [0.15, 0.2) is 0 Å². The van der Waals surface area contributed by atoms with E-state index in [4.69, 9.17) is 11.6 Å². The van der Waals surface area contributed by atoms with Gasteiger partial charge in [-0.25, -0.2) is 0 Å². The van der Waals surface area contributed by atoms with E-state index in [0.717, 1.165) is 32.4 Å². The maximum absolute atomic E-state index is 12.3. The predicted molar refractivity (Wildman–Crippen MR) is 81.6 cm³/mol. The second kappa shape index (κ2) is 6.76. The number of nitrogens with zero attached hydrogens (tertiary/aromatic N) is 2. The molecule has 0 spiro atoms. The van der Waals surface area contributed by atoms with E-state index in [0.29, 0.717) is 5.02 Å². The summed E-state index contributed by atoms with van der Waals surface area (Å²) in [5.41, 5.74) is 0.183. The Bertz CT molecular complexity index is 544. The minimum absolute atomic E-state index is 0.0380. The summed E-state index contributed by atoms with van der Waals surface area (Å²) in [4.78, 5) is 24.7. The van der Waals surface area contributed by atoms with Crippen molar-refractivity contribution in [3.05, 3.63) is 33.3 Å². The Kier molecular flexibility index (Phi) is 5.01. The van der Waals surface area contributed by atoms with Crippen LogP contribution in [0.25, 0.3) is 0 Å². The van der Waals surface area contributed by atoms with Gasteiger partial charge in [0.2, 0.25) is 5.91 Å². The molecule has 21 heavy (non-hydrogen) atoms. The number of benzene rings is 1. The molecule has 1 atom stereocenters. The average Bonchev–Trinajstić information content (AvgIpc) is 2.47. The summed E-state index contributed by atoms with van der Waals surface area (Å²) in [6.07, 6.45) is 3.16. The lowest BCUT2D eigenvalue weighted by molar-refractivity contribution is -0.384. The zero-order valence-electron chi connectivity index (χ0n) is 11.8. The van der Waals surface area contributed by atoms with E-state index in [-0.39, 0.29) is 17.3 Å². The van der Waals surface area contributed by atoms with Gasteiger partial charge in [0.05, 0.1) is 4.92 Å². The molecular formula is C14H18ClN3O3. The second-order valence-corrected chi connectivity index (χ2v) is 5.61. The van der Waals surface area contributed by atoms with E-state index in [1.165, 1.54) is 18.2 Å². The van der Waals surface area contributed by atoms with E-state index in [2.05, 4.69) is 5.32 Å². The SMILES string of the molecule is CC(Nc1cc(Cl)ccc1[N+](=O)[O-])C(=O)N1CCCCC1. The molecule has 1 amide bonds. The van der Waals surface area contributed by atoms with E-state index in [1.807, 2.05) is 0 Å². The van der Waals surface area contributed by atoms with Gasteiger partial charge in [-0.1, -0.05) is 11.6 Å². The molecule has 2 rings (SSSR count). The summed E-state index contributed by atoms with van der Waals surface area (Å²) in [7, 11) is 0. The van der Waals surface area contributed by atoms with Crippen molar-refractivity contribution < 1.29 is 9.72 Å². The number of likely N-dealkylation sites (tertiary alicyclic amines) is 1. The van der Waals surface area contributed by atoms with Crippen LogP contribution in [0, 0.1) is 10.1 Å². The van der Waals surface area contributed by atoms with Crippen molar-refractivity contribution in [2.24, 2.45) is 0 Å². The highest BCUT2D eigenvalue weighted by molar-refractivity contribution is 6.31. The van der Waals surface area contributed by atoms with Gasteiger partial charge in [-0.3, -0.25) is 14.9 Å². The second-order valence-electron chi connectivity index (χ2n) is 5.17. The topological polar surface area (TPSA) is 75.5 Å². The minimum atomic E-state index is -0.528. The van der Waals surface area contributed by atoms with Crippen LogP contribution in [0.2, 0.25) is 5.02 Å². The highest BCUT2D eigenvalue weighted by atomic mass is 35.5. The van der Waals surface area contributed by atoms with E-state index in [9.17, 15) is 14.9 Å². The molecule has 7 heteroatoms. The average molecular weight is 312 g/mol. The van der Waals surface area contributed by atoms with Crippen molar-refractivity contribution in [1.29, 1.82) is 0 Å². The van der Waals surface area contributed by atoms with Gasteiger partial charge < -0.3 is 10.2 Å². The lowest BCUT2D eigenvalue weighted by Crippen LogP contribution is -2.43. The molecular weight excluding hydrogens is 294 g/mol. The number of nitro groups is 1. The first kappa shape index (κ1) is 15.6. The van der Waals surface area contributed by atoms with Crippen LogP contribution in [0.1, 0.15) is 26.2 Å². The Balaban J connectivity index is 2.11. The molecule has 0 aliphatic carbocycles. The lowest BCUT2D eigenvalue weighted by atomic mass is 10.1. The van der Waals surface area contributed by atoms with E-state index in [1.54, 1.807) is 11.8 Å². The largest absolute Gasteiger partial charge is 0.368 e. The first-order chi connectivity index (χ1) is 9.99. The molecule has 114 valence electrons. The zero-order chi connectivity index (χ0) is 15.4. The van der Waals surface area contributed by atoms with Crippen LogP contribution in [0.5, 0.6) is 0 Å². The molecule has 1 fully saturated rings. The first-order valence-corrected chi connectivity index (χ1v) is 7.36. The summed E-state index contributed by atoms with van der Waals surface area (Å²) < 4.78 is 0. The van der Waals surface area contributed by atoms with Gasteiger partial charge in [0, 0.05) is 24.2 Å². The van der Waals surface area contributed by atoms with Crippen LogP contribution in [0.4, 0.5) is 11.4 Å². The van der Waals surface area contributed by atoms with Crippen molar-refractivity contribution in [3.63, 3.8) is 0 Å². The van der Waals surface area contributed by atoms with Crippen molar-refractivity contribution in [1.82, 2.24) is 4.90 Å². The third-order valence-electron chi connectivity index (χ3n) is 3.57. The lowest BCUT2D eigenvalue weighted by Gasteiger charge is -2.29. The molecule has 0 radical (unpaired) electrons. The van der Waals surface area contributed by atoms with E-state index >= 15 is 0 Å². The van der Waals surface area contributed by atoms with Crippen LogP contribution in [-0.2, 0) is 4.79 Å². The maximum Gasteiger partial charge on any atom is 0.292 e. The fourth-order valence-corrected chi connectivity index (χ4v) is 2.64. The normalized spacial score (nSPS) is 16.4. The summed E-state index contributed by atoms with van der Waals surface area (Å²) in [5.74, 6) is -0.0380. The van der Waals surface area contributed by atoms with Gasteiger partial charge in [-0.05, 0) is 38.3 Å². The molecule has 1 heterocycles. The Morgan fingerprint density at radius 1 is 1.38 bits per heavy atom. The molecule has 1 aromatic rings. The molecule has 1 aliphatic heterocycles. The highest BCUT2D eigenvalue weighted by Crippen LogP contribution is 2.28. The van der Waals surface area contributed by atoms with Crippen LogP contribution in [0.3, 0.4) is 0 Å². The zero-order valence-corrected chi connectivity index (χ0v) is 12.6. The Morgan fingerprint density at radius 2 is 2.05 bits per heavy atom. The van der Waals surface area contributed by atoms with Crippen molar-refractivity contribution in [2.75, 3.05) is 18.4 Å². The molecule has 1 N–H and O–H groups in total. The number of rotatable bonds is 4. The van der Waals surface area contributed by atoms with Gasteiger partial charge in [0.1, 0.15) is 11.7 Å². The van der Waals surface area contributed by atoms with Crippen LogP contribution >= 0.6 is 11.6 Å². The number of carbonyl (C=O) groups is 1. The van der Waals surface area contributed by atoms with E-state index < -0.39 is 11.0 Å². The molecule has 1 saturated heterocycles. The predicted octanol–water partition coefficient (Wildman–Crippen LogP) is 3.06. The van der Waals surface area contributed by atoms with Crippen molar-refractivity contribution in [3.8, 4) is 0 Å². The number of nitro benzene ring substituents is 1. The van der Waals surface area contributed by atoms with Gasteiger partial charge >= 0.3 is 0 Å². The number of hydrogen-bond acceptors (Lipinski definition) is 4. The fourth-order valence-electron chi connectivity index (χ4n) is 2.47. The molecule has 1 aliphatic rings. The Hall–Kier alpha value is -1.82. The molecule has 0 saturated carbocycles. The fraction of sp³-hybridized carbons (Fsp3) is 0.500. The van der Waals surface area contributed by atoms with Gasteiger partial charge in [-0.15, -0.1) is 0 Å². The number of halogens is 1. The van der Waals surface area contributed by atoms with Crippen molar-refractivity contribution in [2.45, 2.75) is 32.2 Å². The third-order valence-corrected chi connectivity index (χ3v) is 3.80. The molecule has 1 unspecified atom stereocenters. The summed E-state index contributed by atoms with van der Waals surface area (Å²) in [6, 6.07) is 3.74. The number of anilines is 1. The number of carbonyl (C=O) groups excluding carboxylic acids is 1. The standard InChI is InChI=1S/C14H18ClN3O3/c1-10(14(19)17-7-3-2-4-8-17)16-12-9-11(15)5-6-13(12)18(20)21/h5-6,9-10,16H,2-4,7-8H2,1H3. The third kappa shape index (κ3) is 3.85. The quantitative estimate of drug-likeness (QED) is 0.685. The first-order valence-electron chi connectivity index (χ1n) is 6.98. The number of nitrogens with one attached hydrogen (secondary N) is 1. The number of hydrogen-bond donors (Lipinski definition) is 1. The van der Waals surface area contributed by atoms with Gasteiger partial charge in [-0.2, -0.15) is 0 Å². The summed E-state index contributed by atoms with van der Waals surface area (Å²) in [5, 5.41) is 14.3. The van der Waals surface area contributed by atoms with Crippen LogP contribution in [0.15, 0.2) is 18.2 Å². The van der Waals surface area contributed by atoms with Crippen LogP contribution < -0.4 is 5.32 Å². The summed E-state index contributed by atoms with van der Waals surface area (Å²) in [6.45, 7) is 3.21. The Morgan fingerprint density at radius 3 is 2.67 bits per heavy atom. The molecule has 6 nitrogen and oxygen atoms in total. The minimum Gasteiger partial charge on any atom is -0.368 e. The van der Waals surface area contributed by atoms with Gasteiger partial charge in [0.25, 0.3) is 5.69 Å².